The molecule has 6 heteroatoms. The van der Waals surface area contributed by atoms with Crippen molar-refractivity contribution in [3.8, 4) is 0 Å². The Hall–Kier alpha value is -2.11. The highest BCUT2D eigenvalue weighted by Crippen LogP contribution is 2.59. The number of rotatable bonds is 3. The Labute approximate surface area is 148 Å². The lowest BCUT2D eigenvalue weighted by Crippen LogP contribution is -2.40. The van der Waals surface area contributed by atoms with Crippen molar-refractivity contribution in [2.24, 2.45) is 11.3 Å². The summed E-state index contributed by atoms with van der Waals surface area (Å²) in [4.78, 5) is 35.4. The first-order chi connectivity index (χ1) is 12.1. The SMILES string of the molecule is CN(Cc1ccccn1)C(=O)[C@H]1C[C@@]12CCN(C(=O)N1CCCC1)C2. The Kier molecular flexibility index (Phi) is 4.13. The van der Waals surface area contributed by atoms with Gasteiger partial charge in [0.15, 0.2) is 0 Å². The molecule has 0 bridgehead atoms. The number of likely N-dealkylation sites (tertiary alicyclic amines) is 2. The summed E-state index contributed by atoms with van der Waals surface area (Å²) in [5.41, 5.74) is 0.940. The van der Waals surface area contributed by atoms with Gasteiger partial charge in [0.1, 0.15) is 0 Å². The van der Waals surface area contributed by atoms with Gasteiger partial charge >= 0.3 is 6.03 Å². The van der Waals surface area contributed by atoms with E-state index in [4.69, 9.17) is 0 Å². The lowest BCUT2D eigenvalue weighted by Gasteiger charge is -2.24. The highest BCUT2D eigenvalue weighted by atomic mass is 16.2. The van der Waals surface area contributed by atoms with Crippen LogP contribution in [0.4, 0.5) is 4.79 Å². The number of hydrogen-bond donors (Lipinski definition) is 0. The smallest absolute Gasteiger partial charge is 0.320 e. The van der Waals surface area contributed by atoms with Gasteiger partial charge in [0.25, 0.3) is 0 Å². The number of nitrogens with zero attached hydrogens (tertiary/aromatic N) is 4. The van der Waals surface area contributed by atoms with Crippen LogP contribution < -0.4 is 0 Å². The molecule has 2 atom stereocenters. The molecule has 0 unspecified atom stereocenters. The molecule has 1 aromatic rings. The second kappa shape index (κ2) is 6.32. The van der Waals surface area contributed by atoms with Crippen LogP contribution in [0.3, 0.4) is 0 Å². The molecule has 0 aromatic carbocycles. The summed E-state index contributed by atoms with van der Waals surface area (Å²) < 4.78 is 0. The topological polar surface area (TPSA) is 56.8 Å². The van der Waals surface area contributed by atoms with Crippen molar-refractivity contribution in [1.82, 2.24) is 19.7 Å². The van der Waals surface area contributed by atoms with Crippen LogP contribution in [-0.4, -0.2) is 64.8 Å². The molecule has 1 saturated carbocycles. The van der Waals surface area contributed by atoms with E-state index in [0.29, 0.717) is 6.54 Å². The number of amides is 3. The fraction of sp³-hybridized carbons (Fsp3) is 0.632. The standard InChI is InChI=1S/C19H26N4O2/c1-21(13-15-6-2-3-8-20-15)17(24)16-12-19(16)7-11-23(14-19)18(25)22-9-4-5-10-22/h2-3,6,8,16H,4-5,7,9-14H2,1H3/t16-,19-/m1/s1. The number of aromatic nitrogens is 1. The first-order valence-electron chi connectivity index (χ1n) is 9.28. The van der Waals surface area contributed by atoms with Gasteiger partial charge in [0.05, 0.1) is 12.2 Å². The number of carbonyl (C=O) groups is 2. The van der Waals surface area contributed by atoms with Crippen LogP contribution in [0, 0.1) is 11.3 Å². The zero-order valence-electron chi connectivity index (χ0n) is 14.9. The van der Waals surface area contributed by atoms with E-state index in [1.165, 1.54) is 0 Å². The molecule has 2 aliphatic heterocycles. The van der Waals surface area contributed by atoms with E-state index in [-0.39, 0.29) is 23.3 Å². The van der Waals surface area contributed by atoms with Crippen molar-refractivity contribution in [3.05, 3.63) is 30.1 Å². The third-order valence-electron chi connectivity index (χ3n) is 6.02. The molecule has 25 heavy (non-hydrogen) atoms. The van der Waals surface area contributed by atoms with Gasteiger partial charge in [0, 0.05) is 50.8 Å². The third kappa shape index (κ3) is 3.10. The second-order valence-corrected chi connectivity index (χ2v) is 7.78. The number of pyridine rings is 1. The highest BCUT2D eigenvalue weighted by Gasteiger charge is 2.62. The van der Waals surface area contributed by atoms with Crippen LogP contribution in [0.5, 0.6) is 0 Å². The van der Waals surface area contributed by atoms with Crippen molar-refractivity contribution in [3.63, 3.8) is 0 Å². The summed E-state index contributed by atoms with van der Waals surface area (Å²) in [6.45, 7) is 3.86. The second-order valence-electron chi connectivity index (χ2n) is 7.78. The average molecular weight is 342 g/mol. The molecule has 1 aliphatic carbocycles. The number of hydrogen-bond acceptors (Lipinski definition) is 3. The van der Waals surface area contributed by atoms with Crippen molar-refractivity contribution < 1.29 is 9.59 Å². The fourth-order valence-electron chi connectivity index (χ4n) is 4.39. The maximum atomic E-state index is 12.8. The van der Waals surface area contributed by atoms with Gasteiger partial charge in [-0.3, -0.25) is 9.78 Å². The van der Waals surface area contributed by atoms with Crippen molar-refractivity contribution in [2.45, 2.75) is 32.2 Å². The van der Waals surface area contributed by atoms with Gasteiger partial charge in [-0.1, -0.05) is 6.07 Å². The van der Waals surface area contributed by atoms with Gasteiger partial charge in [-0.05, 0) is 37.8 Å². The predicted molar refractivity (Wildman–Crippen MR) is 93.6 cm³/mol. The molecule has 4 rings (SSSR count). The van der Waals surface area contributed by atoms with Gasteiger partial charge < -0.3 is 14.7 Å². The van der Waals surface area contributed by atoms with E-state index < -0.39 is 0 Å². The van der Waals surface area contributed by atoms with Gasteiger partial charge in [0.2, 0.25) is 5.91 Å². The molecule has 6 nitrogen and oxygen atoms in total. The molecule has 3 fully saturated rings. The van der Waals surface area contributed by atoms with E-state index in [0.717, 1.165) is 57.6 Å². The molecule has 0 radical (unpaired) electrons. The summed E-state index contributed by atoms with van der Waals surface area (Å²) in [6.07, 6.45) is 5.86. The molecular weight excluding hydrogens is 316 g/mol. The largest absolute Gasteiger partial charge is 0.340 e. The molecule has 3 aliphatic rings. The molecule has 1 spiro atoms. The highest BCUT2D eigenvalue weighted by molar-refractivity contribution is 5.83. The minimum Gasteiger partial charge on any atom is -0.340 e. The van der Waals surface area contributed by atoms with Crippen LogP contribution in [0.25, 0.3) is 0 Å². The summed E-state index contributed by atoms with van der Waals surface area (Å²) in [5, 5.41) is 0. The minimum absolute atomic E-state index is 0.0326. The maximum Gasteiger partial charge on any atom is 0.320 e. The zero-order valence-corrected chi connectivity index (χ0v) is 14.9. The van der Waals surface area contributed by atoms with Crippen LogP contribution in [-0.2, 0) is 11.3 Å². The monoisotopic (exact) mass is 342 g/mol. The maximum absolute atomic E-state index is 12.8. The molecule has 0 N–H and O–H groups in total. The van der Waals surface area contributed by atoms with E-state index in [9.17, 15) is 9.59 Å². The molecule has 3 heterocycles. The number of carbonyl (C=O) groups excluding carboxylic acids is 2. The van der Waals surface area contributed by atoms with Crippen LogP contribution in [0.2, 0.25) is 0 Å². The molecular formula is C19H26N4O2. The Morgan fingerprint density at radius 1 is 1.24 bits per heavy atom. The number of urea groups is 1. The van der Waals surface area contributed by atoms with Crippen molar-refractivity contribution >= 4 is 11.9 Å². The van der Waals surface area contributed by atoms with Crippen molar-refractivity contribution in [2.75, 3.05) is 33.2 Å². The van der Waals surface area contributed by atoms with E-state index >= 15 is 0 Å². The van der Waals surface area contributed by atoms with Crippen LogP contribution >= 0.6 is 0 Å². The Balaban J connectivity index is 1.33. The van der Waals surface area contributed by atoms with Gasteiger partial charge in [-0.25, -0.2) is 4.79 Å². The summed E-state index contributed by atoms with van der Waals surface area (Å²) >= 11 is 0. The van der Waals surface area contributed by atoms with Crippen molar-refractivity contribution in [1.29, 1.82) is 0 Å². The Morgan fingerprint density at radius 3 is 2.76 bits per heavy atom. The molecule has 3 amide bonds. The first-order valence-corrected chi connectivity index (χ1v) is 9.28. The average Bonchev–Trinajstić information content (AvgIpc) is 2.97. The predicted octanol–water partition coefficient (Wildman–Crippen LogP) is 1.97. The molecule has 1 aromatic heterocycles. The molecule has 2 saturated heterocycles. The zero-order chi connectivity index (χ0) is 17.4. The van der Waals surface area contributed by atoms with E-state index in [2.05, 4.69) is 4.98 Å². The Bertz CT molecular complexity index is 659. The first kappa shape index (κ1) is 16.4. The quantitative estimate of drug-likeness (QED) is 0.844. The van der Waals surface area contributed by atoms with Gasteiger partial charge in [-0.15, -0.1) is 0 Å². The summed E-state index contributed by atoms with van der Waals surface area (Å²) in [5.74, 6) is 0.263. The fourth-order valence-corrected chi connectivity index (χ4v) is 4.39. The minimum atomic E-state index is 0.0326. The van der Waals surface area contributed by atoms with E-state index in [1.54, 1.807) is 11.1 Å². The molecule has 134 valence electrons. The van der Waals surface area contributed by atoms with Crippen LogP contribution in [0.15, 0.2) is 24.4 Å². The lowest BCUT2D eigenvalue weighted by atomic mass is 10.0. The lowest BCUT2D eigenvalue weighted by molar-refractivity contribution is -0.132. The third-order valence-corrected chi connectivity index (χ3v) is 6.02. The normalized spacial score (nSPS) is 27.8. The van der Waals surface area contributed by atoms with E-state index in [1.807, 2.05) is 35.0 Å². The van der Waals surface area contributed by atoms with Crippen LogP contribution in [0.1, 0.15) is 31.4 Å². The van der Waals surface area contributed by atoms with Gasteiger partial charge in [-0.2, -0.15) is 0 Å². The summed E-state index contributed by atoms with van der Waals surface area (Å²) in [6, 6.07) is 5.94. The Morgan fingerprint density at radius 2 is 2.04 bits per heavy atom. The summed E-state index contributed by atoms with van der Waals surface area (Å²) in [7, 11) is 1.85.